The van der Waals surface area contributed by atoms with E-state index in [0.717, 1.165) is 39.1 Å². The highest BCUT2D eigenvalue weighted by molar-refractivity contribution is 9.10. The Morgan fingerprint density at radius 1 is 1.14 bits per heavy atom. The summed E-state index contributed by atoms with van der Waals surface area (Å²) >= 11 is 5.14. The Morgan fingerprint density at radius 2 is 1.93 bits per heavy atom. The molecule has 0 spiro atoms. The van der Waals surface area contributed by atoms with Crippen LogP contribution in [-0.4, -0.2) is 35.0 Å². The van der Waals surface area contributed by atoms with Crippen LogP contribution in [0.5, 0.6) is 5.88 Å². The van der Waals surface area contributed by atoms with Gasteiger partial charge in [-0.15, -0.1) is 10.2 Å². The van der Waals surface area contributed by atoms with Gasteiger partial charge < -0.3 is 15.0 Å². The van der Waals surface area contributed by atoms with Gasteiger partial charge in [0.15, 0.2) is 11.9 Å². The Balaban J connectivity index is 1.76. The number of hydrogen-bond donors (Lipinski definition) is 1. The van der Waals surface area contributed by atoms with Crippen molar-refractivity contribution in [1.29, 1.82) is 0 Å². The predicted octanol–water partition coefficient (Wildman–Crippen LogP) is 5.37. The van der Waals surface area contributed by atoms with Gasteiger partial charge in [0.1, 0.15) is 0 Å². The third-order valence-corrected chi connectivity index (χ3v) is 6.07. The van der Waals surface area contributed by atoms with Crippen molar-refractivity contribution in [2.45, 2.75) is 24.7 Å². The standard InChI is InChI=1S/C21H22BrN5OS/c1-4-11-29-21-24-20-18(25-26-21)16-12-14(22)7-10-17(16)23-19(28-20)13-5-8-15(9-6-13)27(2)3/h5-10,12,19,23H,4,11H2,1-3H3/t19-/m0/s1. The summed E-state index contributed by atoms with van der Waals surface area (Å²) in [6.07, 6.45) is 0.664. The highest BCUT2D eigenvalue weighted by Crippen LogP contribution is 2.41. The first-order valence-electron chi connectivity index (χ1n) is 9.43. The van der Waals surface area contributed by atoms with E-state index >= 15 is 0 Å². The molecule has 150 valence electrons. The maximum atomic E-state index is 6.32. The molecule has 1 N–H and O–H groups in total. The van der Waals surface area contributed by atoms with Gasteiger partial charge in [0.05, 0.1) is 0 Å². The zero-order valence-electron chi connectivity index (χ0n) is 16.5. The number of fused-ring (bicyclic) bond motifs is 3. The van der Waals surface area contributed by atoms with Crippen molar-refractivity contribution in [2.24, 2.45) is 0 Å². The molecule has 8 heteroatoms. The summed E-state index contributed by atoms with van der Waals surface area (Å²) in [5.41, 5.74) is 4.63. The molecule has 3 aromatic rings. The minimum absolute atomic E-state index is 0.381. The monoisotopic (exact) mass is 471 g/mol. The van der Waals surface area contributed by atoms with E-state index < -0.39 is 0 Å². The second-order valence-corrected chi connectivity index (χ2v) is 8.89. The van der Waals surface area contributed by atoms with Crippen molar-refractivity contribution < 1.29 is 4.74 Å². The van der Waals surface area contributed by atoms with E-state index in [0.29, 0.717) is 16.7 Å². The first-order chi connectivity index (χ1) is 14.0. The molecule has 0 aliphatic carbocycles. The number of hydrogen-bond acceptors (Lipinski definition) is 7. The highest BCUT2D eigenvalue weighted by atomic mass is 79.9. The van der Waals surface area contributed by atoms with Gasteiger partial charge in [-0.1, -0.05) is 46.7 Å². The molecule has 0 radical (unpaired) electrons. The van der Waals surface area contributed by atoms with E-state index in [2.05, 4.69) is 72.5 Å². The quantitative estimate of drug-likeness (QED) is 0.501. The Labute approximate surface area is 183 Å². The van der Waals surface area contributed by atoms with Crippen molar-refractivity contribution in [3.63, 3.8) is 0 Å². The number of nitrogens with zero attached hydrogens (tertiary/aromatic N) is 4. The number of rotatable bonds is 5. The van der Waals surface area contributed by atoms with Crippen LogP contribution in [0.4, 0.5) is 11.4 Å². The van der Waals surface area contributed by atoms with Crippen LogP contribution in [-0.2, 0) is 0 Å². The van der Waals surface area contributed by atoms with Gasteiger partial charge >= 0.3 is 0 Å². The third kappa shape index (κ3) is 4.33. The van der Waals surface area contributed by atoms with Crippen LogP contribution in [0.15, 0.2) is 52.1 Å². The molecule has 6 nitrogen and oxygen atoms in total. The molecule has 1 aliphatic heterocycles. The van der Waals surface area contributed by atoms with Gasteiger partial charge in [0, 0.05) is 46.8 Å². The van der Waals surface area contributed by atoms with E-state index in [1.54, 1.807) is 11.8 Å². The summed E-state index contributed by atoms with van der Waals surface area (Å²) in [4.78, 5) is 6.74. The number of anilines is 2. The van der Waals surface area contributed by atoms with E-state index in [-0.39, 0.29) is 6.23 Å². The lowest BCUT2D eigenvalue weighted by molar-refractivity contribution is 0.225. The van der Waals surface area contributed by atoms with E-state index in [4.69, 9.17) is 4.74 Å². The average Bonchev–Trinajstić information content (AvgIpc) is 2.88. The van der Waals surface area contributed by atoms with Gasteiger partial charge in [0.2, 0.25) is 11.0 Å². The summed E-state index contributed by atoms with van der Waals surface area (Å²) in [5, 5.41) is 12.9. The lowest BCUT2D eigenvalue weighted by Crippen LogP contribution is -2.17. The van der Waals surface area contributed by atoms with Gasteiger partial charge in [0.25, 0.3) is 0 Å². The molecule has 0 bridgehead atoms. The topological polar surface area (TPSA) is 63.2 Å². The van der Waals surface area contributed by atoms with E-state index in [1.807, 2.05) is 32.3 Å². The fourth-order valence-corrected chi connectivity index (χ4v) is 4.02. The van der Waals surface area contributed by atoms with Gasteiger partial charge in [-0.3, -0.25) is 0 Å². The van der Waals surface area contributed by atoms with Crippen molar-refractivity contribution in [3.8, 4) is 17.1 Å². The molecule has 2 heterocycles. The second kappa shape index (κ2) is 8.59. The van der Waals surface area contributed by atoms with Gasteiger partial charge in [-0.2, -0.15) is 4.98 Å². The Hall–Kier alpha value is -2.32. The van der Waals surface area contributed by atoms with E-state index in [1.165, 1.54) is 0 Å². The number of nitrogens with one attached hydrogen (secondary N) is 1. The summed E-state index contributed by atoms with van der Waals surface area (Å²) in [6, 6.07) is 14.3. The molecule has 0 saturated heterocycles. The highest BCUT2D eigenvalue weighted by Gasteiger charge is 2.26. The fraction of sp³-hybridized carbons (Fsp3) is 0.286. The minimum atomic E-state index is -0.381. The summed E-state index contributed by atoms with van der Waals surface area (Å²) in [7, 11) is 4.05. The number of ether oxygens (including phenoxy) is 1. The lowest BCUT2D eigenvalue weighted by Gasteiger charge is -2.20. The summed E-state index contributed by atoms with van der Waals surface area (Å²) in [6.45, 7) is 2.13. The molecule has 4 rings (SSSR count). The SMILES string of the molecule is CCCSc1nnc2c(n1)O[C@@H](c1ccc(N(C)C)cc1)Nc1ccc(Br)cc1-2. The van der Waals surface area contributed by atoms with E-state index in [9.17, 15) is 0 Å². The minimum Gasteiger partial charge on any atom is -0.448 e. The van der Waals surface area contributed by atoms with Crippen LogP contribution in [0, 0.1) is 0 Å². The fourth-order valence-electron chi connectivity index (χ4n) is 3.02. The molecule has 29 heavy (non-hydrogen) atoms. The Kier molecular flexibility index (Phi) is 5.91. The van der Waals surface area contributed by atoms with Crippen molar-refractivity contribution in [3.05, 3.63) is 52.5 Å². The first kappa shape index (κ1) is 20.0. The average molecular weight is 472 g/mol. The molecule has 0 amide bonds. The van der Waals surface area contributed by atoms with Crippen LogP contribution >= 0.6 is 27.7 Å². The number of halogens is 1. The van der Waals surface area contributed by atoms with Gasteiger partial charge in [-0.05, 0) is 36.8 Å². The lowest BCUT2D eigenvalue weighted by atomic mass is 10.1. The molecule has 1 atom stereocenters. The third-order valence-electron chi connectivity index (χ3n) is 4.54. The molecule has 1 aliphatic rings. The number of benzene rings is 2. The Morgan fingerprint density at radius 3 is 2.66 bits per heavy atom. The molecular weight excluding hydrogens is 450 g/mol. The van der Waals surface area contributed by atoms with Crippen LogP contribution in [0.25, 0.3) is 11.3 Å². The second-order valence-electron chi connectivity index (χ2n) is 6.91. The molecule has 1 aromatic heterocycles. The van der Waals surface area contributed by atoms with Crippen molar-refractivity contribution in [1.82, 2.24) is 15.2 Å². The van der Waals surface area contributed by atoms with Crippen LogP contribution in [0.3, 0.4) is 0 Å². The molecular formula is C21H22BrN5OS. The largest absolute Gasteiger partial charge is 0.448 e. The smallest absolute Gasteiger partial charge is 0.247 e. The summed E-state index contributed by atoms with van der Waals surface area (Å²) in [5.74, 6) is 1.43. The number of aromatic nitrogens is 3. The summed E-state index contributed by atoms with van der Waals surface area (Å²) < 4.78 is 7.28. The van der Waals surface area contributed by atoms with Crippen LogP contribution in [0.2, 0.25) is 0 Å². The molecule has 0 fully saturated rings. The number of thioether (sulfide) groups is 1. The van der Waals surface area contributed by atoms with Crippen LogP contribution in [0.1, 0.15) is 25.1 Å². The molecule has 0 saturated carbocycles. The first-order valence-corrected chi connectivity index (χ1v) is 11.2. The maximum absolute atomic E-state index is 6.32. The zero-order chi connectivity index (χ0) is 20.4. The predicted molar refractivity (Wildman–Crippen MR) is 122 cm³/mol. The maximum Gasteiger partial charge on any atom is 0.247 e. The van der Waals surface area contributed by atoms with Crippen LogP contribution < -0.4 is 15.0 Å². The molecule has 0 unspecified atom stereocenters. The molecule has 2 aromatic carbocycles. The van der Waals surface area contributed by atoms with Crippen molar-refractivity contribution >= 4 is 39.1 Å². The zero-order valence-corrected chi connectivity index (χ0v) is 18.9. The van der Waals surface area contributed by atoms with Gasteiger partial charge in [-0.25, -0.2) is 0 Å². The van der Waals surface area contributed by atoms with Crippen molar-refractivity contribution in [2.75, 3.05) is 30.1 Å². The Bertz CT molecular complexity index is 1010. The normalized spacial score (nSPS) is 14.8.